The standard InChI is InChI=1S/C21H34O5/c1-11(22)14-4-5-15-13-8-17(25)21(26)9-12(23)6-7-20(21,3)18(13)16(24)10-19(14,15)2/h12-18,23-26H,4-10H2,1-3H3/t12-,13?,14?,15?,16-,17+,18?,19?,20+,21-/m0/s1. The number of Topliss-reactive ketones (excluding diaryl/α,β-unsaturated/α-hetero) is 1. The number of hydrogen-bond acceptors (Lipinski definition) is 5. The highest BCUT2D eigenvalue weighted by atomic mass is 16.3. The van der Waals surface area contributed by atoms with Crippen LogP contribution in [0.1, 0.15) is 65.7 Å². The normalized spacial score (nSPS) is 59.3. The van der Waals surface area contributed by atoms with Gasteiger partial charge in [0.1, 0.15) is 5.78 Å². The summed E-state index contributed by atoms with van der Waals surface area (Å²) in [4.78, 5) is 12.2. The molecule has 0 spiro atoms. The lowest BCUT2D eigenvalue weighted by Gasteiger charge is -2.66. The summed E-state index contributed by atoms with van der Waals surface area (Å²) in [6, 6.07) is 0. The summed E-state index contributed by atoms with van der Waals surface area (Å²) >= 11 is 0. The predicted octanol–water partition coefficient (Wildman–Crippen LogP) is 1.65. The van der Waals surface area contributed by atoms with E-state index in [1.165, 1.54) is 0 Å². The number of ketones is 1. The van der Waals surface area contributed by atoms with Gasteiger partial charge < -0.3 is 20.4 Å². The maximum Gasteiger partial charge on any atom is 0.133 e. The van der Waals surface area contributed by atoms with Crippen LogP contribution in [0.5, 0.6) is 0 Å². The van der Waals surface area contributed by atoms with Crippen LogP contribution in [0, 0.1) is 34.5 Å². The molecule has 0 saturated heterocycles. The van der Waals surface area contributed by atoms with Crippen LogP contribution in [0.25, 0.3) is 0 Å². The van der Waals surface area contributed by atoms with Crippen molar-refractivity contribution in [2.45, 2.75) is 89.6 Å². The number of rotatable bonds is 1. The lowest BCUT2D eigenvalue weighted by molar-refractivity contribution is -0.282. The van der Waals surface area contributed by atoms with E-state index in [0.717, 1.165) is 12.8 Å². The first kappa shape index (κ1) is 18.9. The number of aliphatic hydroxyl groups is 4. The minimum atomic E-state index is -1.35. The van der Waals surface area contributed by atoms with Gasteiger partial charge in [-0.3, -0.25) is 4.79 Å². The fraction of sp³-hybridized carbons (Fsp3) is 0.952. The number of carbonyl (C=O) groups is 1. The van der Waals surface area contributed by atoms with Gasteiger partial charge >= 0.3 is 0 Å². The maximum absolute atomic E-state index is 12.2. The molecule has 0 bridgehead atoms. The van der Waals surface area contributed by atoms with Crippen LogP contribution in [-0.4, -0.2) is 50.1 Å². The SMILES string of the molecule is CC(=O)C1CCC2C3C[C@@H](O)[C@@]4(O)C[C@@H](O)CC[C@]4(C)C3[C@@H](O)CC12C. The molecule has 4 aliphatic rings. The van der Waals surface area contributed by atoms with Crippen LogP contribution < -0.4 is 0 Å². The molecule has 26 heavy (non-hydrogen) atoms. The first-order valence-corrected chi connectivity index (χ1v) is 10.3. The Morgan fingerprint density at radius 2 is 1.73 bits per heavy atom. The van der Waals surface area contributed by atoms with Crippen molar-refractivity contribution >= 4 is 5.78 Å². The predicted molar refractivity (Wildman–Crippen MR) is 96.1 cm³/mol. The first-order chi connectivity index (χ1) is 12.0. The average molecular weight is 366 g/mol. The molecule has 5 heteroatoms. The summed E-state index contributed by atoms with van der Waals surface area (Å²) in [5.74, 6) is 0.519. The maximum atomic E-state index is 12.2. The summed E-state index contributed by atoms with van der Waals surface area (Å²) in [5.41, 5.74) is -2.17. The number of hydrogen-bond donors (Lipinski definition) is 4. The second kappa shape index (κ2) is 5.76. The second-order valence-electron chi connectivity index (χ2n) is 10.3. The highest BCUT2D eigenvalue weighted by Gasteiger charge is 2.69. The van der Waals surface area contributed by atoms with Crippen molar-refractivity contribution in [1.82, 2.24) is 0 Å². The monoisotopic (exact) mass is 366 g/mol. The number of aliphatic hydroxyl groups excluding tert-OH is 3. The number of fused-ring (bicyclic) bond motifs is 5. The van der Waals surface area contributed by atoms with E-state index in [1.807, 2.05) is 6.92 Å². The van der Waals surface area contributed by atoms with Gasteiger partial charge in [-0.15, -0.1) is 0 Å². The van der Waals surface area contributed by atoms with Crippen molar-refractivity contribution in [3.05, 3.63) is 0 Å². The Kier molecular flexibility index (Phi) is 4.17. The van der Waals surface area contributed by atoms with Crippen molar-refractivity contribution in [2.75, 3.05) is 0 Å². The third-order valence-electron chi connectivity index (χ3n) is 9.26. The molecule has 4 rings (SSSR count). The fourth-order valence-corrected chi connectivity index (χ4v) is 8.05. The van der Waals surface area contributed by atoms with Crippen LogP contribution in [0.4, 0.5) is 0 Å². The summed E-state index contributed by atoms with van der Waals surface area (Å²) in [6.45, 7) is 5.81. The molecule has 0 aromatic heterocycles. The molecule has 148 valence electrons. The highest BCUT2D eigenvalue weighted by Crippen LogP contribution is 2.68. The zero-order chi connectivity index (χ0) is 19.1. The summed E-state index contributed by atoms with van der Waals surface area (Å²) in [7, 11) is 0. The molecule has 0 heterocycles. The van der Waals surface area contributed by atoms with E-state index in [0.29, 0.717) is 31.6 Å². The van der Waals surface area contributed by atoms with Crippen LogP contribution in [0.15, 0.2) is 0 Å². The fourth-order valence-electron chi connectivity index (χ4n) is 8.05. The van der Waals surface area contributed by atoms with Gasteiger partial charge in [0.25, 0.3) is 0 Å². The summed E-state index contributed by atoms with van der Waals surface area (Å²) < 4.78 is 0. The van der Waals surface area contributed by atoms with Gasteiger partial charge in [0.15, 0.2) is 0 Å². The minimum absolute atomic E-state index is 0.0120. The van der Waals surface area contributed by atoms with Gasteiger partial charge in [0.05, 0.1) is 23.9 Å². The van der Waals surface area contributed by atoms with E-state index in [9.17, 15) is 25.2 Å². The van der Waals surface area contributed by atoms with Crippen LogP contribution in [0.2, 0.25) is 0 Å². The Labute approximate surface area is 155 Å². The molecule has 5 unspecified atom stereocenters. The Morgan fingerprint density at radius 1 is 1.04 bits per heavy atom. The highest BCUT2D eigenvalue weighted by molar-refractivity contribution is 5.79. The molecule has 10 atom stereocenters. The van der Waals surface area contributed by atoms with E-state index in [2.05, 4.69) is 6.92 Å². The molecule has 4 N–H and O–H groups in total. The molecule has 0 aromatic carbocycles. The lowest BCUT2D eigenvalue weighted by Crippen LogP contribution is -2.71. The Hall–Kier alpha value is -0.490. The molecule has 4 saturated carbocycles. The minimum Gasteiger partial charge on any atom is -0.393 e. The van der Waals surface area contributed by atoms with Gasteiger partial charge in [0, 0.05) is 17.8 Å². The Bertz CT molecular complexity index is 607. The molecular weight excluding hydrogens is 332 g/mol. The van der Waals surface area contributed by atoms with Gasteiger partial charge in [-0.25, -0.2) is 0 Å². The van der Waals surface area contributed by atoms with E-state index in [4.69, 9.17) is 0 Å². The van der Waals surface area contributed by atoms with E-state index >= 15 is 0 Å². The van der Waals surface area contributed by atoms with Crippen LogP contribution in [0.3, 0.4) is 0 Å². The summed E-state index contributed by atoms with van der Waals surface area (Å²) in [5, 5.41) is 43.7. The first-order valence-electron chi connectivity index (χ1n) is 10.3. The molecule has 4 fully saturated rings. The van der Waals surface area contributed by atoms with E-state index in [1.54, 1.807) is 6.92 Å². The average Bonchev–Trinajstić information content (AvgIpc) is 2.87. The van der Waals surface area contributed by atoms with Crippen molar-refractivity contribution in [3.63, 3.8) is 0 Å². The zero-order valence-corrected chi connectivity index (χ0v) is 16.2. The molecule has 5 nitrogen and oxygen atoms in total. The molecule has 0 aromatic rings. The van der Waals surface area contributed by atoms with Crippen LogP contribution >= 0.6 is 0 Å². The Morgan fingerprint density at radius 3 is 2.38 bits per heavy atom. The van der Waals surface area contributed by atoms with Gasteiger partial charge in [-0.2, -0.15) is 0 Å². The van der Waals surface area contributed by atoms with Crippen LogP contribution in [-0.2, 0) is 4.79 Å². The topological polar surface area (TPSA) is 98.0 Å². The van der Waals surface area contributed by atoms with Crippen molar-refractivity contribution in [1.29, 1.82) is 0 Å². The molecule has 0 amide bonds. The second-order valence-corrected chi connectivity index (χ2v) is 10.3. The summed E-state index contributed by atoms with van der Waals surface area (Å²) in [6.07, 6.45) is 2.17. The Balaban J connectivity index is 1.75. The van der Waals surface area contributed by atoms with Gasteiger partial charge in [0.2, 0.25) is 0 Å². The van der Waals surface area contributed by atoms with E-state index < -0.39 is 29.3 Å². The molecule has 0 radical (unpaired) electrons. The third kappa shape index (κ3) is 2.20. The van der Waals surface area contributed by atoms with E-state index in [-0.39, 0.29) is 35.4 Å². The smallest absolute Gasteiger partial charge is 0.133 e. The van der Waals surface area contributed by atoms with Gasteiger partial charge in [-0.1, -0.05) is 13.8 Å². The molecule has 4 aliphatic carbocycles. The zero-order valence-electron chi connectivity index (χ0n) is 16.2. The molecular formula is C21H34O5. The van der Waals surface area contributed by atoms with Crippen molar-refractivity contribution < 1.29 is 25.2 Å². The number of carbonyl (C=O) groups excluding carboxylic acids is 1. The van der Waals surface area contributed by atoms with Crippen molar-refractivity contribution in [2.24, 2.45) is 34.5 Å². The lowest BCUT2D eigenvalue weighted by atomic mass is 9.41. The third-order valence-corrected chi connectivity index (χ3v) is 9.26. The largest absolute Gasteiger partial charge is 0.393 e. The van der Waals surface area contributed by atoms with Gasteiger partial charge in [-0.05, 0) is 68.6 Å². The quantitative estimate of drug-likeness (QED) is 0.566. The van der Waals surface area contributed by atoms with Crippen molar-refractivity contribution in [3.8, 4) is 0 Å². The molecule has 0 aliphatic heterocycles.